The lowest BCUT2D eigenvalue weighted by Gasteiger charge is -2.09. The first kappa shape index (κ1) is 12.3. The molecule has 0 radical (unpaired) electrons. The molecule has 0 aliphatic carbocycles. The van der Waals surface area contributed by atoms with Crippen LogP contribution in [0.4, 0.5) is 18.9 Å². The fourth-order valence-electron chi connectivity index (χ4n) is 1.40. The summed E-state index contributed by atoms with van der Waals surface area (Å²) in [6.45, 7) is 0. The van der Waals surface area contributed by atoms with Crippen LogP contribution in [0.5, 0.6) is 11.5 Å². The summed E-state index contributed by atoms with van der Waals surface area (Å²) in [5, 5.41) is 0. The molecule has 18 heavy (non-hydrogen) atoms. The molecule has 0 atom stereocenters. The molecule has 0 unspecified atom stereocenters. The van der Waals surface area contributed by atoms with Crippen LogP contribution in [-0.2, 0) is 0 Å². The number of hydrogen-bond donors (Lipinski definition) is 2. The molecule has 2 rings (SSSR count). The second-order valence-electron chi connectivity index (χ2n) is 3.44. The first-order valence-corrected chi connectivity index (χ1v) is 5.00. The SMILES string of the molecule is NNc1c(F)cc(Oc2ccccc2F)cc1F. The van der Waals surface area contributed by atoms with E-state index in [1.54, 1.807) is 6.07 Å². The van der Waals surface area contributed by atoms with Crippen molar-refractivity contribution in [3.05, 3.63) is 53.8 Å². The number of halogens is 3. The molecular weight excluding hydrogens is 245 g/mol. The summed E-state index contributed by atoms with van der Waals surface area (Å²) in [6.07, 6.45) is 0. The van der Waals surface area contributed by atoms with Gasteiger partial charge >= 0.3 is 0 Å². The summed E-state index contributed by atoms with van der Waals surface area (Å²) in [6, 6.07) is 7.36. The average molecular weight is 254 g/mol. The first-order chi connectivity index (χ1) is 8.61. The van der Waals surface area contributed by atoms with E-state index in [1.807, 2.05) is 5.43 Å². The highest BCUT2D eigenvalue weighted by atomic mass is 19.1. The van der Waals surface area contributed by atoms with E-state index in [4.69, 9.17) is 10.6 Å². The predicted octanol–water partition coefficient (Wildman–Crippen LogP) is 3.18. The summed E-state index contributed by atoms with van der Waals surface area (Å²) >= 11 is 0. The molecule has 0 aliphatic rings. The molecule has 0 amide bonds. The van der Waals surface area contributed by atoms with Crippen molar-refractivity contribution in [3.63, 3.8) is 0 Å². The minimum Gasteiger partial charge on any atom is -0.454 e. The van der Waals surface area contributed by atoms with E-state index in [-0.39, 0.29) is 11.5 Å². The lowest BCUT2D eigenvalue weighted by molar-refractivity contribution is 0.434. The standard InChI is InChI=1S/C12H9F3N2O/c13-8-3-1-2-4-11(8)18-7-5-9(14)12(17-16)10(15)6-7/h1-6,17H,16H2. The Bertz CT molecular complexity index is 552. The maximum atomic E-state index is 13.4. The fourth-order valence-corrected chi connectivity index (χ4v) is 1.40. The Balaban J connectivity index is 2.34. The summed E-state index contributed by atoms with van der Waals surface area (Å²) in [7, 11) is 0. The minimum absolute atomic E-state index is 0.121. The Labute approximate surface area is 101 Å². The minimum atomic E-state index is -0.927. The van der Waals surface area contributed by atoms with Crippen LogP contribution in [0.1, 0.15) is 0 Å². The summed E-state index contributed by atoms with van der Waals surface area (Å²) < 4.78 is 45.0. The molecular formula is C12H9F3N2O. The number of nitrogens with two attached hydrogens (primary N) is 1. The van der Waals surface area contributed by atoms with E-state index in [2.05, 4.69) is 0 Å². The number of ether oxygens (including phenoxy) is 1. The van der Waals surface area contributed by atoms with Crippen LogP contribution in [-0.4, -0.2) is 0 Å². The molecule has 3 nitrogen and oxygen atoms in total. The lowest BCUT2D eigenvalue weighted by atomic mass is 10.2. The summed E-state index contributed by atoms with van der Waals surface area (Å²) in [5.41, 5.74) is 1.41. The van der Waals surface area contributed by atoms with Crippen molar-refractivity contribution in [1.82, 2.24) is 0 Å². The smallest absolute Gasteiger partial charge is 0.165 e. The van der Waals surface area contributed by atoms with Gasteiger partial charge in [0.15, 0.2) is 23.2 Å². The third-order valence-electron chi connectivity index (χ3n) is 2.22. The van der Waals surface area contributed by atoms with Crippen molar-refractivity contribution in [2.75, 3.05) is 5.43 Å². The number of nitrogen functional groups attached to an aromatic ring is 1. The van der Waals surface area contributed by atoms with Gasteiger partial charge in [0.25, 0.3) is 0 Å². The Hall–Kier alpha value is -2.21. The van der Waals surface area contributed by atoms with Gasteiger partial charge in [-0.3, -0.25) is 5.84 Å². The molecule has 0 aliphatic heterocycles. The van der Waals surface area contributed by atoms with Gasteiger partial charge in [-0.2, -0.15) is 0 Å². The van der Waals surface area contributed by atoms with Crippen molar-refractivity contribution in [2.45, 2.75) is 0 Å². The molecule has 0 spiro atoms. The van der Waals surface area contributed by atoms with Gasteiger partial charge in [-0.15, -0.1) is 0 Å². The zero-order chi connectivity index (χ0) is 13.1. The maximum absolute atomic E-state index is 13.4. The third kappa shape index (κ3) is 2.38. The first-order valence-electron chi connectivity index (χ1n) is 5.00. The predicted molar refractivity (Wildman–Crippen MR) is 60.6 cm³/mol. The van der Waals surface area contributed by atoms with Crippen LogP contribution in [0, 0.1) is 17.5 Å². The normalized spacial score (nSPS) is 10.2. The van der Waals surface area contributed by atoms with Gasteiger partial charge < -0.3 is 10.2 Å². The number of anilines is 1. The zero-order valence-corrected chi connectivity index (χ0v) is 9.08. The van der Waals surface area contributed by atoms with E-state index in [9.17, 15) is 13.2 Å². The second kappa shape index (κ2) is 4.97. The molecule has 0 fully saturated rings. The van der Waals surface area contributed by atoms with Crippen LogP contribution in [0.15, 0.2) is 36.4 Å². The topological polar surface area (TPSA) is 47.3 Å². The van der Waals surface area contributed by atoms with E-state index < -0.39 is 23.1 Å². The molecule has 6 heteroatoms. The molecule has 0 heterocycles. The average Bonchev–Trinajstić information content (AvgIpc) is 2.32. The molecule has 3 N–H and O–H groups in total. The highest BCUT2D eigenvalue weighted by molar-refractivity contribution is 5.49. The zero-order valence-electron chi connectivity index (χ0n) is 9.08. The third-order valence-corrected chi connectivity index (χ3v) is 2.22. The molecule has 94 valence electrons. The molecule has 0 bridgehead atoms. The molecule has 2 aromatic rings. The second-order valence-corrected chi connectivity index (χ2v) is 3.44. The van der Waals surface area contributed by atoms with Gasteiger partial charge in [0.1, 0.15) is 11.4 Å². The Morgan fingerprint density at radius 3 is 2.11 bits per heavy atom. The van der Waals surface area contributed by atoms with Crippen LogP contribution in [0.2, 0.25) is 0 Å². The van der Waals surface area contributed by atoms with E-state index in [0.29, 0.717) is 0 Å². The number of hydrogen-bond acceptors (Lipinski definition) is 3. The fraction of sp³-hybridized carbons (Fsp3) is 0. The van der Waals surface area contributed by atoms with Gasteiger partial charge in [0.05, 0.1) is 0 Å². The largest absolute Gasteiger partial charge is 0.454 e. The number of nitrogens with one attached hydrogen (secondary N) is 1. The van der Waals surface area contributed by atoms with Gasteiger partial charge in [-0.1, -0.05) is 12.1 Å². The number of para-hydroxylation sites is 1. The summed E-state index contributed by atoms with van der Waals surface area (Å²) in [4.78, 5) is 0. The van der Waals surface area contributed by atoms with Crippen molar-refractivity contribution in [2.24, 2.45) is 5.84 Å². The highest BCUT2D eigenvalue weighted by Gasteiger charge is 2.12. The van der Waals surface area contributed by atoms with E-state index >= 15 is 0 Å². The van der Waals surface area contributed by atoms with Crippen LogP contribution < -0.4 is 16.0 Å². The van der Waals surface area contributed by atoms with Crippen molar-refractivity contribution < 1.29 is 17.9 Å². The monoisotopic (exact) mass is 254 g/mol. The van der Waals surface area contributed by atoms with Crippen LogP contribution in [0.25, 0.3) is 0 Å². The quantitative estimate of drug-likeness (QED) is 0.653. The lowest BCUT2D eigenvalue weighted by Crippen LogP contribution is -2.10. The van der Waals surface area contributed by atoms with Crippen molar-refractivity contribution in [1.29, 1.82) is 0 Å². The number of benzene rings is 2. The van der Waals surface area contributed by atoms with Crippen molar-refractivity contribution >= 4 is 5.69 Å². The highest BCUT2D eigenvalue weighted by Crippen LogP contribution is 2.29. The van der Waals surface area contributed by atoms with Gasteiger partial charge in [0, 0.05) is 12.1 Å². The van der Waals surface area contributed by atoms with Crippen molar-refractivity contribution in [3.8, 4) is 11.5 Å². The van der Waals surface area contributed by atoms with Gasteiger partial charge in [0.2, 0.25) is 0 Å². The van der Waals surface area contributed by atoms with Gasteiger partial charge in [-0.25, -0.2) is 13.2 Å². The Morgan fingerprint density at radius 2 is 1.56 bits per heavy atom. The molecule has 0 aromatic heterocycles. The van der Waals surface area contributed by atoms with Crippen LogP contribution in [0.3, 0.4) is 0 Å². The maximum Gasteiger partial charge on any atom is 0.165 e. The summed E-state index contributed by atoms with van der Waals surface area (Å²) in [5.74, 6) is 2.19. The molecule has 0 saturated heterocycles. The molecule has 0 saturated carbocycles. The number of rotatable bonds is 3. The Kier molecular flexibility index (Phi) is 3.38. The molecule has 2 aromatic carbocycles. The van der Waals surface area contributed by atoms with Crippen LogP contribution >= 0.6 is 0 Å². The number of hydrazine groups is 1. The van der Waals surface area contributed by atoms with E-state index in [1.165, 1.54) is 18.2 Å². The van der Waals surface area contributed by atoms with Gasteiger partial charge in [-0.05, 0) is 12.1 Å². The van der Waals surface area contributed by atoms with E-state index in [0.717, 1.165) is 12.1 Å². The Morgan fingerprint density at radius 1 is 0.944 bits per heavy atom.